The molecule has 2 heterocycles. The van der Waals surface area contributed by atoms with Gasteiger partial charge in [0.1, 0.15) is 16.9 Å². The van der Waals surface area contributed by atoms with Crippen LogP contribution in [0.2, 0.25) is 0 Å². The van der Waals surface area contributed by atoms with Crippen molar-refractivity contribution in [1.82, 2.24) is 15.0 Å². The minimum atomic E-state index is -0.492. The van der Waals surface area contributed by atoms with E-state index in [0.717, 1.165) is 12.3 Å². The quantitative estimate of drug-likeness (QED) is 0.498. The molecule has 0 aliphatic rings. The summed E-state index contributed by atoms with van der Waals surface area (Å²) in [6.07, 6.45) is 1.03. The summed E-state index contributed by atoms with van der Waals surface area (Å²) in [7, 11) is 0. The second-order valence-corrected chi connectivity index (χ2v) is 2.49. The molecule has 0 fully saturated rings. The largest absolute Gasteiger partial charge is 0.505 e. The Bertz CT molecular complexity index is 564. The van der Waals surface area contributed by atoms with Gasteiger partial charge in [0.15, 0.2) is 0 Å². The molecule has 2 aromatic heterocycles. The van der Waals surface area contributed by atoms with E-state index in [1.807, 2.05) is 0 Å². The maximum atomic E-state index is 10.9. The van der Waals surface area contributed by atoms with E-state index in [9.17, 15) is 14.7 Å². The zero-order valence-corrected chi connectivity index (χ0v) is 6.37. The van der Waals surface area contributed by atoms with Crippen molar-refractivity contribution in [2.24, 2.45) is 0 Å². The number of nitrogens with zero attached hydrogens (tertiary/aromatic N) is 1. The van der Waals surface area contributed by atoms with Gasteiger partial charge in [-0.15, -0.1) is 0 Å². The van der Waals surface area contributed by atoms with Crippen molar-refractivity contribution < 1.29 is 5.11 Å². The Labute approximate surface area is 70.9 Å². The molecule has 0 aliphatic carbocycles. The maximum absolute atomic E-state index is 10.9. The number of hydrogen-bond acceptors (Lipinski definition) is 4. The Hall–Kier alpha value is -2.11. The predicted molar refractivity (Wildman–Crippen MR) is 44.6 cm³/mol. The van der Waals surface area contributed by atoms with Crippen LogP contribution in [0.3, 0.4) is 0 Å². The van der Waals surface area contributed by atoms with Gasteiger partial charge in [-0.25, -0.2) is 4.98 Å². The summed E-state index contributed by atoms with van der Waals surface area (Å²) in [5.41, 5.74) is -0.640. The topological polar surface area (TPSA) is 98.8 Å². The van der Waals surface area contributed by atoms with Crippen molar-refractivity contribution in [2.45, 2.75) is 0 Å². The highest BCUT2D eigenvalue weighted by molar-refractivity contribution is 5.75. The molecule has 3 N–H and O–H groups in total. The van der Waals surface area contributed by atoms with Crippen LogP contribution in [0.15, 0.2) is 21.9 Å². The van der Waals surface area contributed by atoms with Crippen LogP contribution in [0.5, 0.6) is 5.75 Å². The zero-order valence-electron chi connectivity index (χ0n) is 6.37. The van der Waals surface area contributed by atoms with E-state index in [1.165, 1.54) is 0 Å². The van der Waals surface area contributed by atoms with E-state index in [-0.39, 0.29) is 16.9 Å². The molecule has 0 amide bonds. The Kier molecular flexibility index (Phi) is 1.42. The molecule has 0 bridgehead atoms. The van der Waals surface area contributed by atoms with Gasteiger partial charge in [-0.3, -0.25) is 9.59 Å². The van der Waals surface area contributed by atoms with Gasteiger partial charge in [0.25, 0.3) is 11.1 Å². The van der Waals surface area contributed by atoms with Crippen molar-refractivity contribution in [1.29, 1.82) is 0 Å². The van der Waals surface area contributed by atoms with Gasteiger partial charge >= 0.3 is 0 Å². The molecule has 0 saturated carbocycles. The third-order valence-corrected chi connectivity index (χ3v) is 1.55. The fourth-order valence-corrected chi connectivity index (χ4v) is 1.04. The summed E-state index contributed by atoms with van der Waals surface area (Å²) < 4.78 is 0. The first-order valence-electron chi connectivity index (χ1n) is 3.48. The molecule has 6 heteroatoms. The number of rotatable bonds is 0. The highest BCUT2D eigenvalue weighted by Gasteiger charge is 2.02. The molecule has 2 rings (SSSR count). The molecule has 0 unspecified atom stereocenters. The van der Waals surface area contributed by atoms with Crippen LogP contribution < -0.4 is 11.1 Å². The van der Waals surface area contributed by atoms with Crippen molar-refractivity contribution in [3.05, 3.63) is 33.0 Å². The van der Waals surface area contributed by atoms with Gasteiger partial charge in [0.2, 0.25) is 0 Å². The first kappa shape index (κ1) is 7.53. The van der Waals surface area contributed by atoms with Gasteiger partial charge < -0.3 is 15.1 Å². The van der Waals surface area contributed by atoms with Crippen molar-refractivity contribution in [3.63, 3.8) is 0 Å². The molecule has 13 heavy (non-hydrogen) atoms. The number of nitrogens with one attached hydrogen (secondary N) is 2. The lowest BCUT2D eigenvalue weighted by atomic mass is 10.4. The Balaban J connectivity index is 3.03. The normalized spacial score (nSPS) is 10.5. The Morgan fingerprint density at radius 1 is 1.23 bits per heavy atom. The van der Waals surface area contributed by atoms with Gasteiger partial charge in [-0.1, -0.05) is 0 Å². The molecule has 0 radical (unpaired) electrons. The monoisotopic (exact) mass is 179 g/mol. The molecule has 0 aliphatic heterocycles. The van der Waals surface area contributed by atoms with Gasteiger partial charge in [-0.05, 0) is 0 Å². The van der Waals surface area contributed by atoms with Crippen LogP contribution in [-0.4, -0.2) is 20.1 Å². The van der Waals surface area contributed by atoms with Crippen LogP contribution >= 0.6 is 0 Å². The summed E-state index contributed by atoms with van der Waals surface area (Å²) in [5.74, 6) is -0.255. The number of hydrogen-bond donors (Lipinski definition) is 3. The third-order valence-electron chi connectivity index (χ3n) is 1.55. The molecule has 2 aromatic rings. The smallest absolute Gasteiger partial charge is 0.267 e. The average molecular weight is 179 g/mol. The second kappa shape index (κ2) is 2.44. The summed E-state index contributed by atoms with van der Waals surface area (Å²) >= 11 is 0. The van der Waals surface area contributed by atoms with E-state index in [0.29, 0.717) is 0 Å². The molecule has 0 saturated heterocycles. The first-order chi connectivity index (χ1) is 6.16. The lowest BCUT2D eigenvalue weighted by Gasteiger charge is -1.96. The van der Waals surface area contributed by atoms with E-state index in [4.69, 9.17) is 0 Å². The van der Waals surface area contributed by atoms with Crippen LogP contribution in [0, 0.1) is 0 Å². The SMILES string of the molecule is O=c1cnc2c(O)cc(=O)[nH]c2[nH]1. The van der Waals surface area contributed by atoms with Crippen LogP contribution in [-0.2, 0) is 0 Å². The number of aromatic nitrogens is 3. The highest BCUT2D eigenvalue weighted by atomic mass is 16.3. The van der Waals surface area contributed by atoms with E-state index in [2.05, 4.69) is 15.0 Å². The van der Waals surface area contributed by atoms with Crippen LogP contribution in [0.4, 0.5) is 0 Å². The molecule has 0 atom stereocenters. The van der Waals surface area contributed by atoms with Gasteiger partial charge in [0.05, 0.1) is 6.20 Å². The zero-order chi connectivity index (χ0) is 9.42. The summed E-state index contributed by atoms with van der Waals surface area (Å²) in [5, 5.41) is 9.24. The van der Waals surface area contributed by atoms with Crippen molar-refractivity contribution in [2.75, 3.05) is 0 Å². The number of fused-ring (bicyclic) bond motifs is 1. The molecule has 0 spiro atoms. The molecular formula is C7H5N3O3. The van der Waals surface area contributed by atoms with E-state index < -0.39 is 11.1 Å². The summed E-state index contributed by atoms with van der Waals surface area (Å²) in [6, 6.07) is 0.994. The van der Waals surface area contributed by atoms with Gasteiger partial charge in [-0.2, -0.15) is 0 Å². The van der Waals surface area contributed by atoms with Crippen LogP contribution in [0.25, 0.3) is 11.2 Å². The van der Waals surface area contributed by atoms with E-state index in [1.54, 1.807) is 0 Å². The lowest BCUT2D eigenvalue weighted by molar-refractivity contribution is 0.479. The minimum absolute atomic E-state index is 0.123. The molecule has 0 aromatic carbocycles. The average Bonchev–Trinajstić information content (AvgIpc) is 2.02. The molecule has 6 nitrogen and oxygen atoms in total. The third kappa shape index (κ3) is 1.18. The van der Waals surface area contributed by atoms with Crippen molar-refractivity contribution >= 4 is 11.2 Å². The predicted octanol–water partition coefficient (Wildman–Crippen LogP) is -0.683. The summed E-state index contributed by atoms with van der Waals surface area (Å²) in [4.78, 5) is 30.0. The fourth-order valence-electron chi connectivity index (χ4n) is 1.04. The van der Waals surface area contributed by atoms with Crippen LogP contribution in [0.1, 0.15) is 0 Å². The lowest BCUT2D eigenvalue weighted by Crippen LogP contribution is -2.11. The van der Waals surface area contributed by atoms with Gasteiger partial charge in [0, 0.05) is 6.07 Å². The van der Waals surface area contributed by atoms with E-state index >= 15 is 0 Å². The first-order valence-corrected chi connectivity index (χ1v) is 3.48. The number of aromatic hydroxyl groups is 1. The molecule has 66 valence electrons. The number of pyridine rings is 1. The highest BCUT2D eigenvalue weighted by Crippen LogP contribution is 2.13. The summed E-state index contributed by atoms with van der Waals surface area (Å²) in [6.45, 7) is 0. The number of aromatic amines is 2. The maximum Gasteiger partial charge on any atom is 0.267 e. The fraction of sp³-hybridized carbons (Fsp3) is 0. The second-order valence-electron chi connectivity index (χ2n) is 2.49. The standard InChI is InChI=1S/C7H5N3O3/c11-3-1-4(12)9-7-6(3)8-2-5(13)10-7/h1-2H,(H3,9,10,11,12,13). The number of H-pyrrole nitrogens is 2. The Morgan fingerprint density at radius 2 is 1.92 bits per heavy atom. The van der Waals surface area contributed by atoms with Crippen molar-refractivity contribution in [3.8, 4) is 5.75 Å². The molecular weight excluding hydrogens is 174 g/mol. The minimum Gasteiger partial charge on any atom is -0.505 e. The Morgan fingerprint density at radius 3 is 2.69 bits per heavy atom.